The molecule has 0 radical (unpaired) electrons. The zero-order chi connectivity index (χ0) is 23.0. The number of nitrogens with one attached hydrogen (secondary N) is 2. The van der Waals surface area contributed by atoms with E-state index in [1.807, 2.05) is 30.3 Å². The van der Waals surface area contributed by atoms with Crippen LogP contribution in [0.3, 0.4) is 0 Å². The molecule has 2 unspecified atom stereocenters. The molecule has 8 heteroatoms. The summed E-state index contributed by atoms with van der Waals surface area (Å²) in [7, 11) is 0. The Morgan fingerprint density at radius 2 is 2.03 bits per heavy atom. The molecule has 7 nitrogen and oxygen atoms in total. The number of anilines is 1. The second-order valence-electron chi connectivity index (χ2n) is 8.95. The summed E-state index contributed by atoms with van der Waals surface area (Å²) >= 11 is 1.47. The molecule has 2 aliphatic rings. The smallest absolute Gasteiger partial charge is 0.264 e. The van der Waals surface area contributed by atoms with Crippen LogP contribution in [0.1, 0.15) is 61.9 Å². The number of hydrogen-bond donors (Lipinski definition) is 2. The van der Waals surface area contributed by atoms with Crippen molar-refractivity contribution in [3.05, 3.63) is 40.9 Å². The van der Waals surface area contributed by atoms with Crippen molar-refractivity contribution in [2.24, 2.45) is 0 Å². The lowest BCUT2D eigenvalue weighted by molar-refractivity contribution is -0.123. The topological polar surface area (TPSA) is 83.6 Å². The fourth-order valence-corrected chi connectivity index (χ4v) is 5.74. The molecule has 178 valence electrons. The number of fused-ring (bicyclic) bond motifs is 1. The van der Waals surface area contributed by atoms with Crippen LogP contribution in [-0.4, -0.2) is 54.0 Å². The van der Waals surface area contributed by atoms with Gasteiger partial charge in [0.25, 0.3) is 5.91 Å². The molecule has 2 heterocycles. The Morgan fingerprint density at radius 1 is 1.18 bits per heavy atom. The average molecular weight is 471 g/mol. The first-order chi connectivity index (χ1) is 16.1. The zero-order valence-corrected chi connectivity index (χ0v) is 20.2. The largest absolute Gasteiger partial charge is 0.484 e. The van der Waals surface area contributed by atoms with Crippen molar-refractivity contribution >= 4 is 28.3 Å². The normalized spacial score (nSPS) is 20.6. The molecule has 1 aliphatic carbocycles. The second-order valence-corrected chi connectivity index (χ2v) is 10.0. The van der Waals surface area contributed by atoms with E-state index >= 15 is 0 Å². The summed E-state index contributed by atoms with van der Waals surface area (Å²) in [5.74, 6) is 0.221. The van der Waals surface area contributed by atoms with Crippen LogP contribution in [0.5, 0.6) is 5.75 Å². The number of amides is 2. The van der Waals surface area contributed by atoms with E-state index in [1.54, 1.807) is 0 Å². The number of hydrogen-bond acceptors (Lipinski definition) is 6. The Bertz CT molecular complexity index is 933. The molecule has 1 fully saturated rings. The van der Waals surface area contributed by atoms with Gasteiger partial charge in [-0.15, -0.1) is 11.3 Å². The van der Waals surface area contributed by atoms with E-state index in [0.717, 1.165) is 42.8 Å². The molecule has 1 saturated heterocycles. The molecule has 0 bridgehead atoms. The van der Waals surface area contributed by atoms with Crippen LogP contribution in [0.2, 0.25) is 0 Å². The fraction of sp³-hybridized carbons (Fsp3) is 0.560. The van der Waals surface area contributed by atoms with Crippen LogP contribution < -0.4 is 15.4 Å². The molecule has 2 aromatic rings. The quantitative estimate of drug-likeness (QED) is 0.542. The van der Waals surface area contributed by atoms with E-state index in [0.29, 0.717) is 23.5 Å². The number of para-hydroxylation sites is 1. The van der Waals surface area contributed by atoms with E-state index in [1.165, 1.54) is 37.1 Å². The number of piperidine rings is 1. The van der Waals surface area contributed by atoms with Gasteiger partial charge in [-0.2, -0.15) is 0 Å². The molecule has 1 aromatic heterocycles. The summed E-state index contributed by atoms with van der Waals surface area (Å²) in [6.45, 7) is 5.13. The molecule has 2 atom stereocenters. The van der Waals surface area contributed by atoms with E-state index in [4.69, 9.17) is 4.74 Å². The minimum Gasteiger partial charge on any atom is -0.484 e. The Morgan fingerprint density at radius 3 is 2.85 bits per heavy atom. The highest BCUT2D eigenvalue weighted by Crippen LogP contribution is 2.36. The third kappa shape index (κ3) is 6.54. The van der Waals surface area contributed by atoms with Crippen molar-refractivity contribution in [3.63, 3.8) is 0 Å². The van der Waals surface area contributed by atoms with Crippen molar-refractivity contribution in [2.75, 3.05) is 31.6 Å². The number of ether oxygens (including phenoxy) is 1. The summed E-state index contributed by atoms with van der Waals surface area (Å²) in [4.78, 5) is 33.4. The van der Waals surface area contributed by atoms with Gasteiger partial charge in [-0.05, 0) is 64.1 Å². The second kappa shape index (κ2) is 11.6. The first-order valence-electron chi connectivity index (χ1n) is 12.1. The first-order valence-corrected chi connectivity index (χ1v) is 12.9. The molecule has 2 amide bonds. The Balaban J connectivity index is 1.25. The minimum atomic E-state index is -0.252. The number of likely N-dealkylation sites (tertiary alicyclic amines) is 1. The average Bonchev–Trinajstić information content (AvgIpc) is 3.24. The molecule has 4 rings (SSSR count). The van der Waals surface area contributed by atoms with Crippen LogP contribution in [0.25, 0.3) is 0 Å². The fourth-order valence-electron chi connectivity index (χ4n) is 4.65. The number of aromatic nitrogens is 1. The van der Waals surface area contributed by atoms with E-state index in [-0.39, 0.29) is 24.3 Å². The van der Waals surface area contributed by atoms with Crippen molar-refractivity contribution < 1.29 is 14.3 Å². The van der Waals surface area contributed by atoms with E-state index in [2.05, 4.69) is 27.4 Å². The van der Waals surface area contributed by atoms with Gasteiger partial charge >= 0.3 is 0 Å². The van der Waals surface area contributed by atoms with Gasteiger partial charge in [-0.25, -0.2) is 4.98 Å². The molecular weight excluding hydrogens is 436 g/mol. The maximum atomic E-state index is 12.9. The van der Waals surface area contributed by atoms with Crippen molar-refractivity contribution in [3.8, 4) is 5.75 Å². The monoisotopic (exact) mass is 470 g/mol. The molecule has 1 aliphatic heterocycles. The van der Waals surface area contributed by atoms with Crippen molar-refractivity contribution in [1.29, 1.82) is 0 Å². The molecule has 0 saturated carbocycles. The predicted octanol–water partition coefficient (Wildman–Crippen LogP) is 3.96. The van der Waals surface area contributed by atoms with Gasteiger partial charge < -0.3 is 15.0 Å². The summed E-state index contributed by atoms with van der Waals surface area (Å²) in [6.07, 6.45) is 7.52. The van der Waals surface area contributed by atoms with Gasteiger partial charge in [-0.3, -0.25) is 14.9 Å². The van der Waals surface area contributed by atoms with Crippen molar-refractivity contribution in [2.45, 2.75) is 63.8 Å². The highest BCUT2D eigenvalue weighted by Gasteiger charge is 2.30. The van der Waals surface area contributed by atoms with Crippen LogP contribution in [0.4, 0.5) is 5.13 Å². The Kier molecular flexibility index (Phi) is 8.34. The third-order valence-corrected chi connectivity index (χ3v) is 7.54. The number of carbonyl (C=O) groups excluding carboxylic acids is 2. The number of benzene rings is 1. The van der Waals surface area contributed by atoms with E-state index in [9.17, 15) is 9.59 Å². The molecule has 2 N–H and O–H groups in total. The first kappa shape index (κ1) is 23.7. The van der Waals surface area contributed by atoms with Crippen LogP contribution in [0, 0.1) is 0 Å². The summed E-state index contributed by atoms with van der Waals surface area (Å²) in [5.41, 5.74) is 0.827. The van der Waals surface area contributed by atoms with Gasteiger partial charge in [0, 0.05) is 24.0 Å². The molecule has 33 heavy (non-hydrogen) atoms. The van der Waals surface area contributed by atoms with Gasteiger partial charge in [0.15, 0.2) is 11.7 Å². The van der Waals surface area contributed by atoms with Gasteiger partial charge in [0.2, 0.25) is 5.91 Å². The Hall–Kier alpha value is -2.45. The van der Waals surface area contributed by atoms with Crippen molar-refractivity contribution in [1.82, 2.24) is 15.2 Å². The molecule has 1 aromatic carbocycles. The number of aryl methyl sites for hydroxylation is 1. The number of thiazole rings is 1. The SMILES string of the molecule is CC1CCCCN1CCCNC(=O)C1CCCc2sc(NC(=O)COc3ccccc3)nc21. The van der Waals surface area contributed by atoms with Crippen LogP contribution in [0.15, 0.2) is 30.3 Å². The zero-order valence-electron chi connectivity index (χ0n) is 19.3. The highest BCUT2D eigenvalue weighted by molar-refractivity contribution is 7.15. The summed E-state index contributed by atoms with van der Waals surface area (Å²) < 4.78 is 5.50. The van der Waals surface area contributed by atoms with Crippen LogP contribution >= 0.6 is 11.3 Å². The van der Waals surface area contributed by atoms with Gasteiger partial charge in [0.1, 0.15) is 5.75 Å². The lowest BCUT2D eigenvalue weighted by Crippen LogP contribution is -2.39. The van der Waals surface area contributed by atoms with Gasteiger partial charge in [-0.1, -0.05) is 24.6 Å². The lowest BCUT2D eigenvalue weighted by Gasteiger charge is -2.33. The standard InChI is InChI=1S/C25H34N4O3S/c1-18-9-5-6-15-29(18)16-8-14-26-24(31)20-12-7-13-21-23(20)28-25(33-21)27-22(30)17-32-19-10-3-2-4-11-19/h2-4,10-11,18,20H,5-9,12-17H2,1H3,(H,26,31)(H,27,28,30). The third-order valence-electron chi connectivity index (χ3n) is 6.49. The minimum absolute atomic E-state index is 0.0539. The maximum Gasteiger partial charge on any atom is 0.264 e. The number of nitrogens with zero attached hydrogens (tertiary/aromatic N) is 2. The lowest BCUT2D eigenvalue weighted by atomic mass is 9.90. The van der Waals surface area contributed by atoms with Crippen LogP contribution in [-0.2, 0) is 16.0 Å². The van der Waals surface area contributed by atoms with E-state index < -0.39 is 0 Å². The molecule has 0 spiro atoms. The number of carbonyl (C=O) groups is 2. The summed E-state index contributed by atoms with van der Waals surface area (Å²) in [6, 6.07) is 9.90. The predicted molar refractivity (Wildman–Crippen MR) is 131 cm³/mol. The molecular formula is C25H34N4O3S. The highest BCUT2D eigenvalue weighted by atomic mass is 32.1. The Labute approximate surface area is 199 Å². The summed E-state index contributed by atoms with van der Waals surface area (Å²) in [5, 5.41) is 6.50. The van der Waals surface area contributed by atoms with Gasteiger partial charge in [0.05, 0.1) is 11.6 Å². The maximum absolute atomic E-state index is 12.9. The number of rotatable bonds is 9.